The molecule has 0 aliphatic carbocycles. The van der Waals surface area contributed by atoms with Crippen molar-refractivity contribution in [1.29, 1.82) is 0 Å². The lowest BCUT2D eigenvalue weighted by atomic mass is 10.1. The highest BCUT2D eigenvalue weighted by Crippen LogP contribution is 2.13. The quantitative estimate of drug-likeness (QED) is 0.695. The zero-order valence-corrected chi connectivity index (χ0v) is 9.52. The molecule has 0 unspecified atom stereocenters. The van der Waals surface area contributed by atoms with Crippen molar-refractivity contribution in [2.24, 2.45) is 0 Å². The number of rotatable bonds is 3. The molecule has 0 bridgehead atoms. The van der Waals surface area contributed by atoms with Gasteiger partial charge in [0.2, 0.25) is 0 Å². The average Bonchev–Trinajstić information content (AvgIpc) is 2.16. The molecule has 0 aliphatic heterocycles. The van der Waals surface area contributed by atoms with Crippen LogP contribution in [0.15, 0.2) is 46.5 Å². The summed E-state index contributed by atoms with van der Waals surface area (Å²) in [4.78, 5) is 0. The summed E-state index contributed by atoms with van der Waals surface area (Å²) in [6, 6.07) is 10.2. The fraction of sp³-hybridized carbons (Fsp3) is 0.167. The number of benzene rings is 1. The Balaban J connectivity index is 2.65. The summed E-state index contributed by atoms with van der Waals surface area (Å²) in [5.74, 6) is 0. The van der Waals surface area contributed by atoms with Crippen molar-refractivity contribution >= 4 is 29.3 Å². The van der Waals surface area contributed by atoms with E-state index < -0.39 is 0 Å². The van der Waals surface area contributed by atoms with E-state index >= 15 is 0 Å². The Bertz CT molecular complexity index is 333. The first-order valence-corrected chi connectivity index (χ1v) is 5.17. The van der Waals surface area contributed by atoms with Crippen LogP contribution in [0.3, 0.4) is 0 Å². The van der Waals surface area contributed by atoms with E-state index in [0.717, 1.165) is 6.42 Å². The first-order valence-electron chi connectivity index (χ1n) is 4.42. The molecule has 74 valence electrons. The minimum absolute atomic E-state index is 0.325. The van der Waals surface area contributed by atoms with Crippen molar-refractivity contribution in [3.63, 3.8) is 0 Å². The molecule has 0 heterocycles. The molecular formula is C12H12Cl2. The molecule has 0 atom stereocenters. The van der Waals surface area contributed by atoms with Crippen LogP contribution in [0.2, 0.25) is 0 Å². The molecular weight excluding hydrogens is 215 g/mol. The zero-order chi connectivity index (χ0) is 10.4. The fourth-order valence-electron chi connectivity index (χ4n) is 1.13. The van der Waals surface area contributed by atoms with Gasteiger partial charge < -0.3 is 0 Å². The third-order valence-corrected chi connectivity index (χ3v) is 2.10. The fourth-order valence-corrected chi connectivity index (χ4v) is 1.29. The third kappa shape index (κ3) is 4.50. The van der Waals surface area contributed by atoms with Crippen LogP contribution in [0.1, 0.15) is 18.9 Å². The summed E-state index contributed by atoms with van der Waals surface area (Å²) in [6.07, 6.45) is 4.70. The summed E-state index contributed by atoms with van der Waals surface area (Å²) in [5, 5.41) is 0. The number of halogens is 2. The van der Waals surface area contributed by atoms with E-state index in [1.165, 1.54) is 11.1 Å². The minimum atomic E-state index is 0.325. The van der Waals surface area contributed by atoms with Crippen LogP contribution in [0.25, 0.3) is 6.08 Å². The van der Waals surface area contributed by atoms with Gasteiger partial charge >= 0.3 is 0 Å². The molecule has 0 radical (unpaired) electrons. The van der Waals surface area contributed by atoms with Gasteiger partial charge in [-0.25, -0.2) is 0 Å². The Labute approximate surface area is 94.8 Å². The molecule has 14 heavy (non-hydrogen) atoms. The van der Waals surface area contributed by atoms with E-state index in [-0.39, 0.29) is 0 Å². The van der Waals surface area contributed by atoms with Crippen LogP contribution < -0.4 is 0 Å². The molecule has 0 aromatic heterocycles. The monoisotopic (exact) mass is 226 g/mol. The zero-order valence-electron chi connectivity index (χ0n) is 8.00. The SMILES string of the molecule is C/C(=C\c1ccccc1)CC=C(Cl)Cl. The molecule has 0 aliphatic rings. The molecule has 0 saturated heterocycles. The van der Waals surface area contributed by atoms with E-state index in [9.17, 15) is 0 Å². The van der Waals surface area contributed by atoms with Gasteiger partial charge in [-0.15, -0.1) is 0 Å². The van der Waals surface area contributed by atoms with Gasteiger partial charge in [-0.3, -0.25) is 0 Å². The van der Waals surface area contributed by atoms with Crippen molar-refractivity contribution in [3.05, 3.63) is 52.0 Å². The van der Waals surface area contributed by atoms with E-state index in [0.29, 0.717) is 4.49 Å². The van der Waals surface area contributed by atoms with Crippen LogP contribution in [0.4, 0.5) is 0 Å². The van der Waals surface area contributed by atoms with Crippen LogP contribution in [-0.4, -0.2) is 0 Å². The van der Waals surface area contributed by atoms with Gasteiger partial charge in [-0.05, 0) is 18.9 Å². The number of hydrogen-bond acceptors (Lipinski definition) is 0. The number of allylic oxidation sites excluding steroid dienone is 2. The lowest BCUT2D eigenvalue weighted by molar-refractivity contribution is 1.23. The minimum Gasteiger partial charge on any atom is -0.0712 e. The van der Waals surface area contributed by atoms with Crippen molar-refractivity contribution in [2.45, 2.75) is 13.3 Å². The Morgan fingerprint density at radius 1 is 1.21 bits per heavy atom. The van der Waals surface area contributed by atoms with E-state index in [4.69, 9.17) is 23.2 Å². The van der Waals surface area contributed by atoms with E-state index in [2.05, 4.69) is 25.1 Å². The molecule has 0 saturated carbocycles. The highest BCUT2D eigenvalue weighted by molar-refractivity contribution is 6.55. The van der Waals surface area contributed by atoms with Gasteiger partial charge in [-0.1, -0.05) is 71.3 Å². The predicted molar refractivity (Wildman–Crippen MR) is 64.5 cm³/mol. The highest BCUT2D eigenvalue weighted by atomic mass is 35.5. The van der Waals surface area contributed by atoms with Gasteiger partial charge in [0.25, 0.3) is 0 Å². The first-order chi connectivity index (χ1) is 6.68. The molecule has 1 aromatic carbocycles. The summed E-state index contributed by atoms with van der Waals surface area (Å²) in [6.45, 7) is 2.06. The maximum atomic E-state index is 5.52. The summed E-state index contributed by atoms with van der Waals surface area (Å²) < 4.78 is 0.325. The van der Waals surface area contributed by atoms with Crippen molar-refractivity contribution in [1.82, 2.24) is 0 Å². The lowest BCUT2D eigenvalue weighted by Gasteiger charge is -1.96. The molecule has 0 N–H and O–H groups in total. The van der Waals surface area contributed by atoms with Crippen LogP contribution in [0.5, 0.6) is 0 Å². The number of hydrogen-bond donors (Lipinski definition) is 0. The Morgan fingerprint density at radius 3 is 2.43 bits per heavy atom. The smallest absolute Gasteiger partial charge is 0.0712 e. The Kier molecular flexibility index (Phi) is 4.78. The Hall–Kier alpha value is -0.720. The van der Waals surface area contributed by atoms with Crippen LogP contribution in [0, 0.1) is 0 Å². The largest absolute Gasteiger partial charge is 0.103 e. The van der Waals surface area contributed by atoms with Gasteiger partial charge in [0.15, 0.2) is 0 Å². The maximum Gasteiger partial charge on any atom is 0.103 e. The molecule has 0 fully saturated rings. The second-order valence-corrected chi connectivity index (χ2v) is 4.11. The van der Waals surface area contributed by atoms with Gasteiger partial charge in [0.05, 0.1) is 0 Å². The third-order valence-electron chi connectivity index (χ3n) is 1.79. The van der Waals surface area contributed by atoms with Crippen LogP contribution >= 0.6 is 23.2 Å². The molecule has 0 spiro atoms. The maximum absolute atomic E-state index is 5.52. The van der Waals surface area contributed by atoms with Gasteiger partial charge in [0.1, 0.15) is 4.49 Å². The molecule has 2 heteroatoms. The normalized spacial score (nSPS) is 11.2. The van der Waals surface area contributed by atoms with E-state index in [1.807, 2.05) is 18.2 Å². The summed E-state index contributed by atoms with van der Waals surface area (Å²) in [5.41, 5.74) is 2.43. The first kappa shape index (κ1) is 11.4. The van der Waals surface area contributed by atoms with E-state index in [1.54, 1.807) is 6.08 Å². The molecule has 0 amide bonds. The van der Waals surface area contributed by atoms with Gasteiger partial charge in [0, 0.05) is 0 Å². The summed E-state index contributed by atoms with van der Waals surface area (Å²) in [7, 11) is 0. The predicted octanol–water partition coefficient (Wildman–Crippen LogP) is 4.80. The van der Waals surface area contributed by atoms with Gasteiger partial charge in [-0.2, -0.15) is 0 Å². The Morgan fingerprint density at radius 2 is 1.86 bits per heavy atom. The highest BCUT2D eigenvalue weighted by Gasteiger charge is 1.90. The van der Waals surface area contributed by atoms with Crippen molar-refractivity contribution < 1.29 is 0 Å². The standard InChI is InChI=1S/C12H12Cl2/c1-10(7-8-12(13)14)9-11-5-3-2-4-6-11/h2-6,8-9H,7H2,1H3/b10-9+. The van der Waals surface area contributed by atoms with Crippen molar-refractivity contribution in [2.75, 3.05) is 0 Å². The molecule has 1 rings (SSSR count). The lowest BCUT2D eigenvalue weighted by Crippen LogP contribution is -1.75. The van der Waals surface area contributed by atoms with Crippen LogP contribution in [-0.2, 0) is 0 Å². The second-order valence-electron chi connectivity index (χ2n) is 3.10. The summed E-state index contributed by atoms with van der Waals surface area (Å²) >= 11 is 11.0. The second kappa shape index (κ2) is 5.90. The topological polar surface area (TPSA) is 0 Å². The molecule has 1 aromatic rings. The van der Waals surface area contributed by atoms with Crippen molar-refractivity contribution in [3.8, 4) is 0 Å². The average molecular weight is 227 g/mol. The molecule has 0 nitrogen and oxygen atoms in total.